The van der Waals surface area contributed by atoms with E-state index in [-0.39, 0.29) is 0 Å². The van der Waals surface area contributed by atoms with Crippen LogP contribution in [0, 0.1) is 11.3 Å². The third kappa shape index (κ3) is 2.72. The number of hydrogen-bond donors (Lipinski definition) is 1. The van der Waals surface area contributed by atoms with Crippen LogP contribution in [-0.2, 0) is 0 Å². The quantitative estimate of drug-likeness (QED) is 0.868. The summed E-state index contributed by atoms with van der Waals surface area (Å²) in [5.41, 5.74) is 7.96. The van der Waals surface area contributed by atoms with Gasteiger partial charge in [0, 0.05) is 24.7 Å². The molecule has 96 valence electrons. The summed E-state index contributed by atoms with van der Waals surface area (Å²) in [5, 5.41) is 8.96. The van der Waals surface area contributed by atoms with Gasteiger partial charge in [-0.3, -0.25) is 4.90 Å². The van der Waals surface area contributed by atoms with E-state index in [9.17, 15) is 0 Å². The fourth-order valence-electron chi connectivity index (χ4n) is 2.86. The van der Waals surface area contributed by atoms with Crippen LogP contribution in [-0.4, -0.2) is 23.5 Å². The molecule has 1 aliphatic rings. The lowest BCUT2D eigenvalue weighted by Gasteiger charge is -2.40. The Balaban J connectivity index is 2.15. The normalized spacial score (nSPS) is 26.6. The van der Waals surface area contributed by atoms with E-state index in [1.54, 1.807) is 0 Å². The topological polar surface area (TPSA) is 53.0 Å². The molecule has 0 bridgehead atoms. The Morgan fingerprint density at radius 1 is 1.50 bits per heavy atom. The SMILES string of the molecule is CC1CC(N)CCN1C(C)c1cccc(C#N)c1. The van der Waals surface area contributed by atoms with Crippen molar-refractivity contribution < 1.29 is 0 Å². The average Bonchev–Trinajstić information content (AvgIpc) is 2.38. The zero-order chi connectivity index (χ0) is 13.1. The average molecular weight is 243 g/mol. The van der Waals surface area contributed by atoms with Crippen LogP contribution in [0.15, 0.2) is 24.3 Å². The van der Waals surface area contributed by atoms with Crippen molar-refractivity contribution in [3.05, 3.63) is 35.4 Å². The molecule has 3 atom stereocenters. The Morgan fingerprint density at radius 2 is 2.28 bits per heavy atom. The maximum Gasteiger partial charge on any atom is 0.0991 e. The summed E-state index contributed by atoms with van der Waals surface area (Å²) in [6, 6.07) is 11.3. The molecule has 0 aromatic heterocycles. The molecule has 0 aliphatic carbocycles. The summed E-state index contributed by atoms with van der Waals surface area (Å²) in [6.45, 7) is 5.49. The minimum Gasteiger partial charge on any atom is -0.328 e. The third-order valence-corrected chi connectivity index (χ3v) is 3.96. The van der Waals surface area contributed by atoms with E-state index in [0.717, 1.165) is 24.9 Å². The number of nitrogens with two attached hydrogens (primary N) is 1. The maximum atomic E-state index is 8.96. The van der Waals surface area contributed by atoms with E-state index in [4.69, 9.17) is 11.0 Å². The summed E-state index contributed by atoms with van der Waals surface area (Å²) in [6.07, 6.45) is 2.12. The molecule has 2 N–H and O–H groups in total. The fraction of sp³-hybridized carbons (Fsp3) is 0.533. The van der Waals surface area contributed by atoms with Gasteiger partial charge in [-0.1, -0.05) is 12.1 Å². The Morgan fingerprint density at radius 3 is 2.94 bits per heavy atom. The fourth-order valence-corrected chi connectivity index (χ4v) is 2.86. The van der Waals surface area contributed by atoms with Gasteiger partial charge in [0.1, 0.15) is 0 Å². The Kier molecular flexibility index (Phi) is 4.00. The van der Waals surface area contributed by atoms with E-state index in [0.29, 0.717) is 18.1 Å². The zero-order valence-corrected chi connectivity index (χ0v) is 11.1. The summed E-state index contributed by atoms with van der Waals surface area (Å²) in [4.78, 5) is 2.49. The van der Waals surface area contributed by atoms with E-state index in [1.807, 2.05) is 18.2 Å². The number of likely N-dealkylation sites (tertiary alicyclic amines) is 1. The molecule has 3 nitrogen and oxygen atoms in total. The predicted octanol–water partition coefficient (Wildman–Crippen LogP) is 2.43. The standard InChI is InChI=1S/C15H21N3/c1-11-8-15(17)6-7-18(11)12(2)14-5-3-4-13(9-14)10-16/h3-5,9,11-12,15H,6-8,17H2,1-2H3. The van der Waals surface area contributed by atoms with Gasteiger partial charge < -0.3 is 5.73 Å². The van der Waals surface area contributed by atoms with Gasteiger partial charge >= 0.3 is 0 Å². The van der Waals surface area contributed by atoms with Gasteiger partial charge in [-0.25, -0.2) is 0 Å². The Hall–Kier alpha value is -1.37. The number of rotatable bonds is 2. The highest BCUT2D eigenvalue weighted by atomic mass is 15.2. The zero-order valence-electron chi connectivity index (χ0n) is 11.1. The minimum absolute atomic E-state index is 0.342. The molecule has 0 amide bonds. The molecule has 0 radical (unpaired) electrons. The smallest absolute Gasteiger partial charge is 0.0991 e. The summed E-state index contributed by atoms with van der Waals surface area (Å²) in [5.74, 6) is 0. The van der Waals surface area contributed by atoms with Crippen LogP contribution in [0.1, 0.15) is 43.9 Å². The van der Waals surface area contributed by atoms with Crippen molar-refractivity contribution in [2.75, 3.05) is 6.54 Å². The molecule has 1 heterocycles. The highest BCUT2D eigenvalue weighted by molar-refractivity contribution is 5.34. The van der Waals surface area contributed by atoms with E-state index in [2.05, 4.69) is 30.9 Å². The second kappa shape index (κ2) is 5.51. The first-order valence-electron chi connectivity index (χ1n) is 6.63. The molecule has 18 heavy (non-hydrogen) atoms. The van der Waals surface area contributed by atoms with Gasteiger partial charge in [0.25, 0.3) is 0 Å². The van der Waals surface area contributed by atoms with Crippen LogP contribution >= 0.6 is 0 Å². The van der Waals surface area contributed by atoms with Crippen molar-refractivity contribution in [2.24, 2.45) is 5.73 Å². The van der Waals surface area contributed by atoms with E-state index < -0.39 is 0 Å². The Labute approximate surface area is 109 Å². The van der Waals surface area contributed by atoms with Crippen LogP contribution in [0.3, 0.4) is 0 Å². The highest BCUT2D eigenvalue weighted by Crippen LogP contribution is 2.28. The molecule has 1 aromatic rings. The lowest BCUT2D eigenvalue weighted by atomic mass is 9.95. The largest absolute Gasteiger partial charge is 0.328 e. The van der Waals surface area contributed by atoms with Gasteiger partial charge in [-0.2, -0.15) is 5.26 Å². The van der Waals surface area contributed by atoms with Crippen LogP contribution in [0.25, 0.3) is 0 Å². The number of benzene rings is 1. The summed E-state index contributed by atoms with van der Waals surface area (Å²) >= 11 is 0. The molecule has 1 aliphatic heterocycles. The number of nitrogens with zero attached hydrogens (tertiary/aromatic N) is 2. The summed E-state index contributed by atoms with van der Waals surface area (Å²) < 4.78 is 0. The van der Waals surface area contributed by atoms with Crippen molar-refractivity contribution in [1.29, 1.82) is 5.26 Å². The minimum atomic E-state index is 0.342. The van der Waals surface area contributed by atoms with Crippen LogP contribution in [0.4, 0.5) is 0 Å². The first-order valence-corrected chi connectivity index (χ1v) is 6.63. The van der Waals surface area contributed by atoms with Crippen molar-refractivity contribution in [2.45, 2.75) is 44.8 Å². The van der Waals surface area contributed by atoms with Gasteiger partial charge in [-0.05, 0) is 44.4 Å². The molecule has 1 saturated heterocycles. The molecule has 0 saturated carbocycles. The first kappa shape index (κ1) is 13.1. The molecule has 1 aromatic carbocycles. The van der Waals surface area contributed by atoms with Crippen molar-refractivity contribution >= 4 is 0 Å². The lowest BCUT2D eigenvalue weighted by molar-refractivity contribution is 0.104. The first-order chi connectivity index (χ1) is 8.61. The van der Waals surface area contributed by atoms with Crippen molar-refractivity contribution in [3.8, 4) is 6.07 Å². The van der Waals surface area contributed by atoms with Crippen LogP contribution < -0.4 is 5.73 Å². The molecule has 3 heteroatoms. The van der Waals surface area contributed by atoms with Crippen LogP contribution in [0.5, 0.6) is 0 Å². The van der Waals surface area contributed by atoms with Gasteiger partial charge in [-0.15, -0.1) is 0 Å². The Bertz CT molecular complexity index is 449. The molecule has 3 unspecified atom stereocenters. The second-order valence-electron chi connectivity index (χ2n) is 5.28. The molecular formula is C15H21N3. The number of nitriles is 1. The molecule has 0 spiro atoms. The van der Waals surface area contributed by atoms with Gasteiger partial charge in [0.15, 0.2) is 0 Å². The molecule has 2 rings (SSSR count). The van der Waals surface area contributed by atoms with Crippen molar-refractivity contribution in [3.63, 3.8) is 0 Å². The predicted molar refractivity (Wildman–Crippen MR) is 72.9 cm³/mol. The summed E-state index contributed by atoms with van der Waals surface area (Å²) in [7, 11) is 0. The monoisotopic (exact) mass is 243 g/mol. The maximum absolute atomic E-state index is 8.96. The van der Waals surface area contributed by atoms with Crippen LogP contribution in [0.2, 0.25) is 0 Å². The molecule has 1 fully saturated rings. The lowest BCUT2D eigenvalue weighted by Crippen LogP contribution is -2.46. The van der Waals surface area contributed by atoms with E-state index >= 15 is 0 Å². The molecular weight excluding hydrogens is 222 g/mol. The van der Waals surface area contributed by atoms with Crippen molar-refractivity contribution in [1.82, 2.24) is 4.90 Å². The number of hydrogen-bond acceptors (Lipinski definition) is 3. The third-order valence-electron chi connectivity index (χ3n) is 3.96. The second-order valence-corrected chi connectivity index (χ2v) is 5.28. The highest BCUT2D eigenvalue weighted by Gasteiger charge is 2.27. The van der Waals surface area contributed by atoms with Gasteiger partial charge in [0.2, 0.25) is 0 Å². The van der Waals surface area contributed by atoms with E-state index in [1.165, 1.54) is 5.56 Å². The number of piperidine rings is 1. The van der Waals surface area contributed by atoms with Gasteiger partial charge in [0.05, 0.1) is 11.6 Å².